The fourth-order valence-corrected chi connectivity index (χ4v) is 1.21. The summed E-state index contributed by atoms with van der Waals surface area (Å²) in [6, 6.07) is 3.43. The second-order valence-corrected chi connectivity index (χ2v) is 3.20. The summed E-state index contributed by atoms with van der Waals surface area (Å²) in [5.41, 5.74) is -0.715. The highest BCUT2D eigenvalue weighted by Crippen LogP contribution is 2.36. The normalized spacial score (nSPS) is 10.6. The van der Waals surface area contributed by atoms with Gasteiger partial charge in [-0.25, -0.2) is 0 Å². The number of ether oxygens (including phenoxy) is 1. The van der Waals surface area contributed by atoms with Gasteiger partial charge in [0.05, 0.1) is 12.2 Å². The van der Waals surface area contributed by atoms with Crippen molar-refractivity contribution in [3.05, 3.63) is 29.3 Å². The lowest BCUT2D eigenvalue weighted by Gasteiger charge is -2.13. The fraction of sp³-hybridized carbons (Fsp3) is 0.333. The molecule has 0 atom stereocenters. The van der Waals surface area contributed by atoms with Gasteiger partial charge in [0, 0.05) is 0 Å². The predicted molar refractivity (Wildman–Crippen MR) is 56.3 cm³/mol. The first kappa shape index (κ1) is 13.4. The Labute approximate surface area is 97.0 Å². The molecule has 1 N–H and O–H groups in total. The van der Waals surface area contributed by atoms with Gasteiger partial charge in [0.25, 0.3) is 0 Å². The maximum atomic E-state index is 12.7. The standard InChI is InChI=1S/C12H11F3O2/c1-2-3-6-17-11-5-4-9(8-16)7-10(11)12(13,14)15/h4-5,7,16H,6,8H2,1H3. The molecule has 2 nitrogen and oxygen atoms in total. The van der Waals surface area contributed by atoms with E-state index in [1.54, 1.807) is 6.92 Å². The Hall–Kier alpha value is -1.67. The third-order valence-electron chi connectivity index (χ3n) is 2.01. The highest BCUT2D eigenvalue weighted by Gasteiger charge is 2.34. The average molecular weight is 244 g/mol. The number of hydrogen-bond acceptors (Lipinski definition) is 2. The monoisotopic (exact) mass is 244 g/mol. The molecule has 0 aliphatic rings. The van der Waals surface area contributed by atoms with Crippen LogP contribution in [0.4, 0.5) is 13.2 Å². The summed E-state index contributed by atoms with van der Waals surface area (Å²) in [7, 11) is 0. The molecule has 1 rings (SSSR count). The number of aliphatic hydroxyl groups is 1. The van der Waals surface area contributed by atoms with Crippen molar-refractivity contribution < 1.29 is 23.0 Å². The van der Waals surface area contributed by atoms with Gasteiger partial charge < -0.3 is 9.84 Å². The van der Waals surface area contributed by atoms with Gasteiger partial charge in [-0.3, -0.25) is 0 Å². The van der Waals surface area contributed by atoms with Crippen LogP contribution in [-0.2, 0) is 12.8 Å². The van der Waals surface area contributed by atoms with Crippen LogP contribution in [-0.4, -0.2) is 11.7 Å². The Balaban J connectivity index is 3.05. The number of hydrogen-bond donors (Lipinski definition) is 1. The zero-order valence-electron chi connectivity index (χ0n) is 9.14. The average Bonchev–Trinajstić information content (AvgIpc) is 2.28. The predicted octanol–water partition coefficient (Wildman–Crippen LogP) is 2.60. The summed E-state index contributed by atoms with van der Waals surface area (Å²) >= 11 is 0. The first-order valence-corrected chi connectivity index (χ1v) is 4.82. The van der Waals surface area contributed by atoms with Gasteiger partial charge >= 0.3 is 6.18 Å². The summed E-state index contributed by atoms with van der Waals surface area (Å²) in [4.78, 5) is 0. The Morgan fingerprint density at radius 3 is 2.59 bits per heavy atom. The van der Waals surface area contributed by atoms with Crippen LogP contribution in [0.25, 0.3) is 0 Å². The number of halogens is 3. The first-order valence-electron chi connectivity index (χ1n) is 4.82. The van der Waals surface area contributed by atoms with E-state index in [2.05, 4.69) is 11.8 Å². The Morgan fingerprint density at radius 2 is 2.06 bits per heavy atom. The van der Waals surface area contributed by atoms with E-state index in [4.69, 9.17) is 9.84 Å². The van der Waals surface area contributed by atoms with Gasteiger partial charge in [-0.15, -0.1) is 5.92 Å². The molecule has 0 bridgehead atoms. The SMILES string of the molecule is CC#CCOc1ccc(CO)cc1C(F)(F)F. The largest absolute Gasteiger partial charge is 0.480 e. The number of alkyl halides is 3. The molecule has 0 saturated carbocycles. The highest BCUT2D eigenvalue weighted by atomic mass is 19.4. The summed E-state index contributed by atoms with van der Waals surface area (Å²) in [6.45, 7) is 1.03. The number of aliphatic hydroxyl groups excluding tert-OH is 1. The van der Waals surface area contributed by atoms with Gasteiger partial charge in [-0.05, 0) is 24.6 Å². The minimum atomic E-state index is -4.51. The molecular formula is C12H11F3O2. The Bertz CT molecular complexity index is 441. The molecule has 0 radical (unpaired) electrons. The van der Waals surface area contributed by atoms with Gasteiger partial charge in [0.15, 0.2) is 0 Å². The van der Waals surface area contributed by atoms with Crippen molar-refractivity contribution in [2.45, 2.75) is 19.7 Å². The van der Waals surface area contributed by atoms with Crippen LogP contribution in [0, 0.1) is 11.8 Å². The lowest BCUT2D eigenvalue weighted by Crippen LogP contribution is -2.09. The lowest BCUT2D eigenvalue weighted by atomic mass is 10.1. The minimum Gasteiger partial charge on any atom is -0.480 e. The summed E-state index contributed by atoms with van der Waals surface area (Å²) in [5, 5.41) is 8.80. The van der Waals surface area contributed by atoms with E-state index in [0.717, 1.165) is 6.07 Å². The van der Waals surface area contributed by atoms with Crippen LogP contribution < -0.4 is 4.74 Å². The van der Waals surface area contributed by atoms with Crippen LogP contribution >= 0.6 is 0 Å². The molecule has 0 aromatic heterocycles. The van der Waals surface area contributed by atoms with E-state index < -0.39 is 18.3 Å². The van der Waals surface area contributed by atoms with Gasteiger partial charge in [-0.1, -0.05) is 12.0 Å². The van der Waals surface area contributed by atoms with Crippen LogP contribution in [0.15, 0.2) is 18.2 Å². The van der Waals surface area contributed by atoms with Crippen LogP contribution in [0.1, 0.15) is 18.1 Å². The van der Waals surface area contributed by atoms with Crippen LogP contribution in [0.5, 0.6) is 5.75 Å². The first-order chi connectivity index (χ1) is 7.99. The zero-order valence-corrected chi connectivity index (χ0v) is 9.14. The molecule has 1 aromatic carbocycles. The van der Waals surface area contributed by atoms with Crippen molar-refractivity contribution in [1.29, 1.82) is 0 Å². The van der Waals surface area contributed by atoms with E-state index in [1.165, 1.54) is 12.1 Å². The molecule has 0 amide bonds. The maximum absolute atomic E-state index is 12.7. The molecule has 0 aliphatic heterocycles. The van der Waals surface area contributed by atoms with E-state index in [9.17, 15) is 13.2 Å². The van der Waals surface area contributed by atoms with Crippen molar-refractivity contribution in [2.24, 2.45) is 0 Å². The molecule has 0 fully saturated rings. The fourth-order valence-electron chi connectivity index (χ4n) is 1.21. The minimum absolute atomic E-state index is 0.0992. The van der Waals surface area contributed by atoms with E-state index in [0.29, 0.717) is 0 Å². The molecule has 0 unspecified atom stereocenters. The van der Waals surface area contributed by atoms with Gasteiger partial charge in [0.1, 0.15) is 12.4 Å². The zero-order chi connectivity index (χ0) is 12.9. The molecule has 5 heteroatoms. The van der Waals surface area contributed by atoms with Crippen molar-refractivity contribution in [3.63, 3.8) is 0 Å². The molecule has 0 spiro atoms. The van der Waals surface area contributed by atoms with Crippen LogP contribution in [0.2, 0.25) is 0 Å². The molecule has 17 heavy (non-hydrogen) atoms. The quantitative estimate of drug-likeness (QED) is 0.828. The second kappa shape index (κ2) is 5.60. The van der Waals surface area contributed by atoms with Crippen LogP contribution in [0.3, 0.4) is 0 Å². The maximum Gasteiger partial charge on any atom is 0.419 e. The van der Waals surface area contributed by atoms with Crippen molar-refractivity contribution >= 4 is 0 Å². The highest BCUT2D eigenvalue weighted by molar-refractivity contribution is 5.39. The van der Waals surface area contributed by atoms with Crippen molar-refractivity contribution in [2.75, 3.05) is 6.61 Å². The summed E-state index contributed by atoms with van der Waals surface area (Å²) in [6.07, 6.45) is -4.51. The lowest BCUT2D eigenvalue weighted by molar-refractivity contribution is -0.138. The molecule has 0 aliphatic carbocycles. The third-order valence-corrected chi connectivity index (χ3v) is 2.01. The number of rotatable bonds is 3. The van der Waals surface area contributed by atoms with Gasteiger partial charge in [-0.2, -0.15) is 13.2 Å². The van der Waals surface area contributed by atoms with E-state index in [1.807, 2.05) is 0 Å². The molecule has 0 heterocycles. The smallest absolute Gasteiger partial charge is 0.419 e. The van der Waals surface area contributed by atoms with Crippen molar-refractivity contribution in [3.8, 4) is 17.6 Å². The molecular weight excluding hydrogens is 233 g/mol. The Morgan fingerprint density at radius 1 is 1.35 bits per heavy atom. The van der Waals surface area contributed by atoms with E-state index in [-0.39, 0.29) is 17.9 Å². The number of benzene rings is 1. The molecule has 0 saturated heterocycles. The second-order valence-electron chi connectivity index (χ2n) is 3.20. The summed E-state index contributed by atoms with van der Waals surface area (Å²) in [5.74, 6) is 4.76. The summed E-state index contributed by atoms with van der Waals surface area (Å²) < 4.78 is 43.0. The van der Waals surface area contributed by atoms with Crippen molar-refractivity contribution in [1.82, 2.24) is 0 Å². The Kier molecular flexibility index (Phi) is 4.41. The third kappa shape index (κ3) is 3.68. The molecule has 1 aromatic rings. The van der Waals surface area contributed by atoms with E-state index >= 15 is 0 Å². The van der Waals surface area contributed by atoms with Gasteiger partial charge in [0.2, 0.25) is 0 Å². The topological polar surface area (TPSA) is 29.5 Å². The molecule has 92 valence electrons.